The highest BCUT2D eigenvalue weighted by Gasteiger charge is 2.29. The molecule has 166 valence electrons. The van der Waals surface area contributed by atoms with Gasteiger partial charge in [0.1, 0.15) is 11.6 Å². The fourth-order valence-corrected chi connectivity index (χ4v) is 5.77. The number of aryl methyl sites for hydroxylation is 2. The molecule has 2 heteroatoms. The maximum atomic E-state index is 13.9. The summed E-state index contributed by atoms with van der Waals surface area (Å²) in [5, 5.41) is 0. The van der Waals surface area contributed by atoms with Crippen molar-refractivity contribution in [1.29, 1.82) is 0 Å². The molecule has 4 rings (SSSR count). The minimum atomic E-state index is -0.113. The normalized spacial score (nSPS) is 24.0. The van der Waals surface area contributed by atoms with E-state index in [-0.39, 0.29) is 5.82 Å². The van der Waals surface area contributed by atoms with E-state index < -0.39 is 0 Å². The van der Waals surface area contributed by atoms with E-state index in [9.17, 15) is 4.39 Å². The van der Waals surface area contributed by atoms with Crippen LogP contribution in [0.15, 0.2) is 48.0 Å². The summed E-state index contributed by atoms with van der Waals surface area (Å²) in [5.41, 5.74) is 5.41. The molecule has 3 atom stereocenters. The topological polar surface area (TPSA) is 9.23 Å². The minimum Gasteiger partial charge on any atom is -0.494 e. The molecule has 2 aliphatic carbocycles. The molecule has 3 unspecified atom stereocenters. The van der Waals surface area contributed by atoms with Gasteiger partial charge in [-0.3, -0.25) is 0 Å². The number of fused-ring (bicyclic) bond motifs is 1. The molecule has 0 bridgehead atoms. The zero-order valence-corrected chi connectivity index (χ0v) is 19.2. The van der Waals surface area contributed by atoms with E-state index in [1.54, 1.807) is 17.7 Å². The second-order valence-corrected chi connectivity index (χ2v) is 9.67. The van der Waals surface area contributed by atoms with Crippen LogP contribution in [-0.4, -0.2) is 6.61 Å². The number of hydrogen-bond acceptors (Lipinski definition) is 1. The van der Waals surface area contributed by atoms with E-state index in [1.165, 1.54) is 49.7 Å². The van der Waals surface area contributed by atoms with Gasteiger partial charge >= 0.3 is 0 Å². The summed E-state index contributed by atoms with van der Waals surface area (Å²) in [7, 11) is 0. The molecule has 0 radical (unpaired) electrons. The van der Waals surface area contributed by atoms with Crippen molar-refractivity contribution >= 4 is 6.08 Å². The van der Waals surface area contributed by atoms with Gasteiger partial charge in [0.05, 0.1) is 6.61 Å². The van der Waals surface area contributed by atoms with Gasteiger partial charge in [-0.25, -0.2) is 4.39 Å². The molecule has 1 saturated carbocycles. The smallest absolute Gasteiger partial charge is 0.123 e. The molecule has 0 aromatic heterocycles. The highest BCUT2D eigenvalue weighted by Crippen LogP contribution is 2.42. The molecule has 0 N–H and O–H groups in total. The van der Waals surface area contributed by atoms with E-state index in [0.29, 0.717) is 18.4 Å². The first-order valence-electron chi connectivity index (χ1n) is 12.3. The first kappa shape index (κ1) is 22.1. The van der Waals surface area contributed by atoms with Crippen molar-refractivity contribution < 1.29 is 9.13 Å². The molecule has 31 heavy (non-hydrogen) atoms. The van der Waals surface area contributed by atoms with Gasteiger partial charge in [-0.1, -0.05) is 49.6 Å². The Morgan fingerprint density at radius 2 is 1.84 bits per heavy atom. The van der Waals surface area contributed by atoms with E-state index in [0.717, 1.165) is 36.5 Å². The van der Waals surface area contributed by atoms with Crippen molar-refractivity contribution in [2.24, 2.45) is 17.8 Å². The quantitative estimate of drug-likeness (QED) is 0.430. The Labute approximate surface area is 187 Å². The summed E-state index contributed by atoms with van der Waals surface area (Å²) in [5.74, 6) is 3.00. The van der Waals surface area contributed by atoms with Gasteiger partial charge in [0, 0.05) is 0 Å². The molecule has 1 nitrogen and oxygen atoms in total. The zero-order chi connectivity index (χ0) is 21.6. The molecular weight excluding hydrogens is 383 g/mol. The summed E-state index contributed by atoms with van der Waals surface area (Å²) in [4.78, 5) is 0. The Bertz CT molecular complexity index is 882. The Balaban J connectivity index is 1.52. The van der Waals surface area contributed by atoms with Crippen LogP contribution < -0.4 is 4.74 Å². The summed E-state index contributed by atoms with van der Waals surface area (Å²) in [6.07, 6.45) is 13.4. The summed E-state index contributed by atoms with van der Waals surface area (Å²) < 4.78 is 19.5. The van der Waals surface area contributed by atoms with Crippen molar-refractivity contribution in [3.05, 3.63) is 70.5 Å². The molecule has 0 amide bonds. The highest BCUT2D eigenvalue weighted by atomic mass is 19.1. The van der Waals surface area contributed by atoms with E-state index in [1.807, 2.05) is 13.0 Å². The molecule has 1 fully saturated rings. The number of rotatable bonds is 6. The zero-order valence-electron chi connectivity index (χ0n) is 19.2. The lowest BCUT2D eigenvalue weighted by atomic mass is 9.76. The maximum absolute atomic E-state index is 13.9. The van der Waals surface area contributed by atoms with Crippen LogP contribution in [0.4, 0.5) is 4.39 Å². The van der Waals surface area contributed by atoms with Crippen LogP contribution in [0.2, 0.25) is 0 Å². The fourth-order valence-electron chi connectivity index (χ4n) is 5.77. The van der Waals surface area contributed by atoms with Crippen molar-refractivity contribution in [3.63, 3.8) is 0 Å². The Morgan fingerprint density at radius 3 is 2.65 bits per heavy atom. The SMILES string of the molecule is CCOc1ccc(CCC2CC(C)CCCC2C2=Cc3cc(F)ccc3CCC2)cc1. The van der Waals surface area contributed by atoms with Crippen LogP contribution in [0.3, 0.4) is 0 Å². The van der Waals surface area contributed by atoms with Crippen LogP contribution >= 0.6 is 0 Å². The molecule has 0 spiro atoms. The monoisotopic (exact) mass is 420 g/mol. The van der Waals surface area contributed by atoms with Crippen LogP contribution in [0.5, 0.6) is 5.75 Å². The van der Waals surface area contributed by atoms with Gasteiger partial charge in [0.15, 0.2) is 0 Å². The molecule has 0 saturated heterocycles. The maximum Gasteiger partial charge on any atom is 0.123 e. The van der Waals surface area contributed by atoms with Gasteiger partial charge < -0.3 is 4.74 Å². The molecule has 2 aliphatic rings. The van der Waals surface area contributed by atoms with E-state index >= 15 is 0 Å². The van der Waals surface area contributed by atoms with Crippen LogP contribution in [-0.2, 0) is 12.8 Å². The van der Waals surface area contributed by atoms with Crippen molar-refractivity contribution in [3.8, 4) is 5.75 Å². The van der Waals surface area contributed by atoms with Crippen molar-refractivity contribution in [2.75, 3.05) is 6.61 Å². The third-order valence-corrected chi connectivity index (χ3v) is 7.36. The molecule has 2 aromatic rings. The predicted octanol–water partition coefficient (Wildman–Crippen LogP) is 8.02. The standard InChI is InChI=1S/C29H37FO/c1-3-31-28-16-11-22(12-17-28)10-13-25-18-21(2)6-4-9-29(25)24-8-5-7-23-14-15-27(30)20-26(23)19-24/h11-12,14-17,19-21,25,29H,3-10,13,18H2,1-2H3. The number of halogens is 1. The van der Waals surface area contributed by atoms with Crippen molar-refractivity contribution in [2.45, 2.75) is 71.6 Å². The molecule has 0 heterocycles. The summed E-state index contributed by atoms with van der Waals surface area (Å²) in [6.45, 7) is 5.16. The first-order chi connectivity index (χ1) is 15.1. The number of hydrogen-bond donors (Lipinski definition) is 0. The average molecular weight is 421 g/mol. The van der Waals surface area contributed by atoms with Crippen molar-refractivity contribution in [1.82, 2.24) is 0 Å². The highest BCUT2D eigenvalue weighted by molar-refractivity contribution is 5.58. The molecular formula is C29H37FO. The van der Waals surface area contributed by atoms with E-state index in [2.05, 4.69) is 37.3 Å². The number of benzene rings is 2. The lowest BCUT2D eigenvalue weighted by Gasteiger charge is -2.29. The van der Waals surface area contributed by atoms with Gasteiger partial charge in [-0.05, 0) is 111 Å². The fraction of sp³-hybridized carbons (Fsp3) is 0.517. The van der Waals surface area contributed by atoms with Gasteiger partial charge in [0.25, 0.3) is 0 Å². The average Bonchev–Trinajstić information content (AvgIpc) is 3.08. The van der Waals surface area contributed by atoms with Crippen LogP contribution in [0, 0.1) is 23.6 Å². The Morgan fingerprint density at radius 1 is 1.00 bits per heavy atom. The minimum absolute atomic E-state index is 0.113. The van der Waals surface area contributed by atoms with Gasteiger partial charge in [0.2, 0.25) is 0 Å². The lowest BCUT2D eigenvalue weighted by molar-refractivity contribution is 0.305. The van der Waals surface area contributed by atoms with Crippen LogP contribution in [0.1, 0.15) is 75.5 Å². The second-order valence-electron chi connectivity index (χ2n) is 9.67. The summed E-state index contributed by atoms with van der Waals surface area (Å²) in [6, 6.07) is 14.0. The predicted molar refractivity (Wildman–Crippen MR) is 128 cm³/mol. The number of allylic oxidation sites excluding steroid dienone is 1. The second kappa shape index (κ2) is 10.5. The largest absolute Gasteiger partial charge is 0.494 e. The molecule has 0 aliphatic heterocycles. The Kier molecular flexibility index (Phi) is 7.48. The number of ether oxygens (including phenoxy) is 1. The Hall–Kier alpha value is -2.09. The van der Waals surface area contributed by atoms with Crippen LogP contribution in [0.25, 0.3) is 6.08 Å². The molecule has 2 aromatic carbocycles. The summed E-state index contributed by atoms with van der Waals surface area (Å²) >= 11 is 0. The lowest BCUT2D eigenvalue weighted by Crippen LogP contribution is -2.18. The first-order valence-corrected chi connectivity index (χ1v) is 12.3. The van der Waals surface area contributed by atoms with E-state index in [4.69, 9.17) is 4.74 Å². The third-order valence-electron chi connectivity index (χ3n) is 7.36. The third kappa shape index (κ3) is 5.79. The van der Waals surface area contributed by atoms with Gasteiger partial charge in [-0.15, -0.1) is 0 Å². The van der Waals surface area contributed by atoms with Gasteiger partial charge in [-0.2, -0.15) is 0 Å².